The molecule has 0 aliphatic rings. The van der Waals surface area contributed by atoms with E-state index in [1.807, 2.05) is 26.0 Å². The molecular weight excluding hydrogens is 335 g/mol. The summed E-state index contributed by atoms with van der Waals surface area (Å²) in [5.74, 6) is -0.160. The lowest BCUT2D eigenvalue weighted by molar-refractivity contribution is -0.274. The number of alkyl halides is 3. The third kappa shape index (κ3) is 5.41. The standard InChI is InChI=1S/C18H18F3NO3/c1-11-5-4-6-16(12(11)2)24-13(3)17(23)22-14-7-9-15(10-8-14)25-18(19,20)21/h4-10,13H,1-3H3,(H,22,23)/t13-/m0/s1. The number of amides is 1. The van der Waals surface area contributed by atoms with E-state index in [4.69, 9.17) is 4.74 Å². The molecule has 2 aromatic rings. The van der Waals surface area contributed by atoms with Crippen LogP contribution in [0.15, 0.2) is 42.5 Å². The Bertz CT molecular complexity index is 742. The third-order valence-corrected chi connectivity index (χ3v) is 3.58. The van der Waals surface area contributed by atoms with Gasteiger partial charge in [-0.25, -0.2) is 0 Å². The first-order valence-electron chi connectivity index (χ1n) is 7.55. The predicted molar refractivity (Wildman–Crippen MR) is 87.8 cm³/mol. The smallest absolute Gasteiger partial charge is 0.481 e. The lowest BCUT2D eigenvalue weighted by Gasteiger charge is -2.17. The van der Waals surface area contributed by atoms with Crippen molar-refractivity contribution in [2.45, 2.75) is 33.2 Å². The Morgan fingerprint density at radius 1 is 1.08 bits per heavy atom. The van der Waals surface area contributed by atoms with E-state index in [0.29, 0.717) is 11.4 Å². The molecule has 134 valence electrons. The normalized spacial score (nSPS) is 12.4. The number of hydrogen-bond donors (Lipinski definition) is 1. The predicted octanol–water partition coefficient (Wildman–Crippen LogP) is 4.61. The molecule has 1 amide bonds. The highest BCUT2D eigenvalue weighted by Crippen LogP contribution is 2.25. The van der Waals surface area contributed by atoms with E-state index in [1.54, 1.807) is 13.0 Å². The molecule has 4 nitrogen and oxygen atoms in total. The molecular formula is C18H18F3NO3. The summed E-state index contributed by atoms with van der Waals surface area (Å²) in [7, 11) is 0. The summed E-state index contributed by atoms with van der Waals surface area (Å²) < 4.78 is 45.8. The molecule has 0 saturated heterocycles. The maximum atomic E-state index is 12.2. The van der Waals surface area contributed by atoms with Gasteiger partial charge in [0.1, 0.15) is 11.5 Å². The average molecular weight is 353 g/mol. The molecule has 0 aliphatic heterocycles. The minimum atomic E-state index is -4.75. The Kier molecular flexibility index (Phi) is 5.56. The fourth-order valence-electron chi connectivity index (χ4n) is 2.08. The molecule has 2 aromatic carbocycles. The van der Waals surface area contributed by atoms with Gasteiger partial charge < -0.3 is 14.8 Å². The number of hydrogen-bond acceptors (Lipinski definition) is 3. The zero-order valence-corrected chi connectivity index (χ0v) is 14.0. The van der Waals surface area contributed by atoms with E-state index < -0.39 is 18.4 Å². The van der Waals surface area contributed by atoms with Crippen LogP contribution in [-0.2, 0) is 4.79 Å². The number of benzene rings is 2. The molecule has 0 fully saturated rings. The Morgan fingerprint density at radius 3 is 2.32 bits per heavy atom. The molecule has 0 aliphatic carbocycles. The lowest BCUT2D eigenvalue weighted by atomic mass is 10.1. The molecule has 0 aromatic heterocycles. The first kappa shape index (κ1) is 18.6. The minimum Gasteiger partial charge on any atom is -0.481 e. The second kappa shape index (κ2) is 7.46. The van der Waals surface area contributed by atoms with Gasteiger partial charge in [0.15, 0.2) is 6.10 Å². The molecule has 0 heterocycles. The largest absolute Gasteiger partial charge is 0.573 e. The van der Waals surface area contributed by atoms with Gasteiger partial charge in [0.05, 0.1) is 0 Å². The molecule has 0 saturated carbocycles. The van der Waals surface area contributed by atoms with Gasteiger partial charge in [-0.2, -0.15) is 0 Å². The zero-order chi connectivity index (χ0) is 18.6. The van der Waals surface area contributed by atoms with E-state index >= 15 is 0 Å². The fourth-order valence-corrected chi connectivity index (χ4v) is 2.08. The highest BCUT2D eigenvalue weighted by Gasteiger charge is 2.31. The summed E-state index contributed by atoms with van der Waals surface area (Å²) in [6, 6.07) is 10.4. The van der Waals surface area contributed by atoms with Crippen molar-refractivity contribution in [2.75, 3.05) is 5.32 Å². The van der Waals surface area contributed by atoms with Crippen molar-refractivity contribution >= 4 is 11.6 Å². The minimum absolute atomic E-state index is 0.343. The van der Waals surface area contributed by atoms with E-state index in [0.717, 1.165) is 23.3 Å². The molecule has 25 heavy (non-hydrogen) atoms. The summed E-state index contributed by atoms with van der Waals surface area (Å²) in [6.07, 6.45) is -5.52. The van der Waals surface area contributed by atoms with Gasteiger partial charge in [-0.15, -0.1) is 13.2 Å². The fraction of sp³-hybridized carbons (Fsp3) is 0.278. The van der Waals surface area contributed by atoms with Crippen LogP contribution in [0, 0.1) is 13.8 Å². The maximum absolute atomic E-state index is 12.2. The van der Waals surface area contributed by atoms with E-state index in [-0.39, 0.29) is 5.75 Å². The number of carbonyl (C=O) groups is 1. The highest BCUT2D eigenvalue weighted by atomic mass is 19.4. The summed E-state index contributed by atoms with van der Waals surface area (Å²) in [5, 5.41) is 2.59. The number of anilines is 1. The lowest BCUT2D eigenvalue weighted by Crippen LogP contribution is -2.30. The van der Waals surface area contributed by atoms with Crippen LogP contribution in [0.1, 0.15) is 18.1 Å². The Labute approximate surface area is 143 Å². The monoisotopic (exact) mass is 353 g/mol. The first-order chi connectivity index (χ1) is 11.7. The van der Waals surface area contributed by atoms with Crippen molar-refractivity contribution in [3.05, 3.63) is 53.6 Å². The van der Waals surface area contributed by atoms with E-state index in [1.165, 1.54) is 12.1 Å². The number of nitrogens with one attached hydrogen (secondary N) is 1. The van der Waals surface area contributed by atoms with Gasteiger partial charge >= 0.3 is 6.36 Å². The number of carbonyl (C=O) groups excluding carboxylic acids is 1. The third-order valence-electron chi connectivity index (χ3n) is 3.58. The van der Waals surface area contributed by atoms with Crippen LogP contribution < -0.4 is 14.8 Å². The summed E-state index contributed by atoms with van der Waals surface area (Å²) in [4.78, 5) is 12.2. The molecule has 2 rings (SSSR count). The van der Waals surface area contributed by atoms with Crippen molar-refractivity contribution in [1.29, 1.82) is 0 Å². The van der Waals surface area contributed by atoms with Crippen LogP contribution in [0.2, 0.25) is 0 Å². The van der Waals surface area contributed by atoms with Gasteiger partial charge in [0.2, 0.25) is 0 Å². The number of ether oxygens (including phenoxy) is 2. The molecule has 0 spiro atoms. The van der Waals surface area contributed by atoms with Crippen LogP contribution in [0.3, 0.4) is 0 Å². The SMILES string of the molecule is Cc1cccc(O[C@@H](C)C(=O)Nc2ccc(OC(F)(F)F)cc2)c1C. The van der Waals surface area contributed by atoms with Gasteiger partial charge in [0, 0.05) is 5.69 Å². The van der Waals surface area contributed by atoms with Crippen molar-refractivity contribution < 1.29 is 27.4 Å². The second-order valence-corrected chi connectivity index (χ2v) is 5.52. The summed E-state index contributed by atoms with van der Waals surface area (Å²) >= 11 is 0. The van der Waals surface area contributed by atoms with Gasteiger partial charge in [-0.05, 0) is 62.2 Å². The molecule has 7 heteroatoms. The Morgan fingerprint density at radius 2 is 1.72 bits per heavy atom. The maximum Gasteiger partial charge on any atom is 0.573 e. The highest BCUT2D eigenvalue weighted by molar-refractivity contribution is 5.94. The number of aryl methyl sites for hydroxylation is 1. The molecule has 0 bridgehead atoms. The van der Waals surface area contributed by atoms with Crippen LogP contribution in [-0.4, -0.2) is 18.4 Å². The average Bonchev–Trinajstić information content (AvgIpc) is 2.52. The van der Waals surface area contributed by atoms with E-state index in [9.17, 15) is 18.0 Å². The van der Waals surface area contributed by atoms with Gasteiger partial charge in [-0.3, -0.25) is 4.79 Å². The van der Waals surface area contributed by atoms with Crippen molar-refractivity contribution in [1.82, 2.24) is 0 Å². The molecule has 0 radical (unpaired) electrons. The summed E-state index contributed by atoms with van der Waals surface area (Å²) in [5.41, 5.74) is 2.33. The van der Waals surface area contributed by atoms with E-state index in [2.05, 4.69) is 10.1 Å². The zero-order valence-electron chi connectivity index (χ0n) is 14.0. The van der Waals surface area contributed by atoms with Crippen LogP contribution in [0.25, 0.3) is 0 Å². The number of halogens is 3. The van der Waals surface area contributed by atoms with Crippen molar-refractivity contribution in [2.24, 2.45) is 0 Å². The molecule has 1 atom stereocenters. The second-order valence-electron chi connectivity index (χ2n) is 5.52. The number of rotatable bonds is 5. The molecule has 0 unspecified atom stereocenters. The van der Waals surface area contributed by atoms with Gasteiger partial charge in [-0.1, -0.05) is 12.1 Å². The first-order valence-corrected chi connectivity index (χ1v) is 7.55. The van der Waals surface area contributed by atoms with Gasteiger partial charge in [0.25, 0.3) is 5.91 Å². The van der Waals surface area contributed by atoms with Crippen LogP contribution >= 0.6 is 0 Å². The van der Waals surface area contributed by atoms with Crippen molar-refractivity contribution in [3.63, 3.8) is 0 Å². The Balaban J connectivity index is 1.98. The Hall–Kier alpha value is -2.70. The quantitative estimate of drug-likeness (QED) is 0.854. The summed E-state index contributed by atoms with van der Waals surface area (Å²) in [6.45, 7) is 5.43. The topological polar surface area (TPSA) is 47.6 Å². The van der Waals surface area contributed by atoms with Crippen molar-refractivity contribution in [3.8, 4) is 11.5 Å². The van der Waals surface area contributed by atoms with Crippen LogP contribution in [0.4, 0.5) is 18.9 Å². The van der Waals surface area contributed by atoms with Crippen LogP contribution in [0.5, 0.6) is 11.5 Å². The molecule has 1 N–H and O–H groups in total.